The summed E-state index contributed by atoms with van der Waals surface area (Å²) in [6, 6.07) is 5.52. The lowest BCUT2D eigenvalue weighted by Gasteiger charge is -2.40. The minimum atomic E-state index is -0.704. The third kappa shape index (κ3) is 4.41. The topological polar surface area (TPSA) is 143 Å². The van der Waals surface area contributed by atoms with Gasteiger partial charge in [-0.2, -0.15) is 0 Å². The highest BCUT2D eigenvalue weighted by Crippen LogP contribution is 2.45. The largest absolute Gasteiger partial charge is 0.484 e. The highest BCUT2D eigenvalue weighted by atomic mass is 16.5. The van der Waals surface area contributed by atoms with E-state index in [4.69, 9.17) is 10.5 Å². The molecule has 2 saturated heterocycles. The van der Waals surface area contributed by atoms with Crippen molar-refractivity contribution in [2.75, 3.05) is 36.5 Å². The van der Waals surface area contributed by atoms with Gasteiger partial charge in [-0.05, 0) is 37.3 Å². The van der Waals surface area contributed by atoms with Crippen LogP contribution in [0.5, 0.6) is 5.75 Å². The molecule has 2 fully saturated rings. The highest BCUT2D eigenvalue weighted by Gasteiger charge is 2.42. The number of nitrogens with one attached hydrogen (secondary N) is 2. The summed E-state index contributed by atoms with van der Waals surface area (Å²) in [4.78, 5) is 35.6. The zero-order chi connectivity index (χ0) is 24.6. The van der Waals surface area contributed by atoms with E-state index in [1.54, 1.807) is 18.5 Å². The Morgan fingerprint density at radius 2 is 2.03 bits per heavy atom. The van der Waals surface area contributed by atoms with Gasteiger partial charge in [0.15, 0.2) is 5.82 Å². The number of rotatable bonds is 5. The molecule has 35 heavy (non-hydrogen) atoms. The number of ether oxygens (including phenoxy) is 1. The van der Waals surface area contributed by atoms with Crippen LogP contribution in [-0.2, 0) is 16.0 Å². The van der Waals surface area contributed by atoms with Gasteiger partial charge in [0.25, 0.3) is 5.91 Å². The molecule has 2 amide bonds. The molecule has 1 aromatic carbocycles. The lowest BCUT2D eigenvalue weighted by Crippen LogP contribution is -2.41. The number of anilines is 2. The van der Waals surface area contributed by atoms with Gasteiger partial charge < -0.3 is 31.1 Å². The number of nitrogens with zero attached hydrogens (tertiary/aromatic N) is 3. The van der Waals surface area contributed by atoms with Crippen LogP contribution in [0.15, 0.2) is 36.8 Å². The molecule has 3 aliphatic heterocycles. The molecule has 10 nitrogen and oxygen atoms in total. The molecule has 0 aliphatic carbocycles. The first-order valence-corrected chi connectivity index (χ1v) is 11.8. The fourth-order valence-electron chi connectivity index (χ4n) is 5.21. The standard InChI is InChI=1S/C25H30N6O4/c1-24(15-32)11-16-9-18(30-23(34)17(13-26)22-27-5-2-6-28-22)19(10-20(16)35-24)31-7-3-25(4-8-31)12-21(33)29-14-25/h2,5-6,9-10,13,32H,3-4,7-8,11-12,14-15,26H2,1H3,(H,29,33)(H,30,34)/t24-/m1/s1. The van der Waals surface area contributed by atoms with E-state index in [0.29, 0.717) is 30.8 Å². The van der Waals surface area contributed by atoms with E-state index in [1.165, 1.54) is 6.20 Å². The SMILES string of the molecule is C[C@]1(CO)Cc2cc(NC(=O)C(=CN)c3ncccn3)c(N3CCC4(CC3)CNC(=O)C4)cc2O1. The number of aliphatic hydroxyl groups is 1. The summed E-state index contributed by atoms with van der Waals surface area (Å²) < 4.78 is 6.08. The molecule has 5 N–H and O–H groups in total. The van der Waals surface area contributed by atoms with Crippen LogP contribution < -0.4 is 26.0 Å². The zero-order valence-corrected chi connectivity index (χ0v) is 19.7. The molecular formula is C25H30N6O4. The van der Waals surface area contributed by atoms with Crippen LogP contribution in [0, 0.1) is 5.41 Å². The van der Waals surface area contributed by atoms with E-state index in [2.05, 4.69) is 25.5 Å². The normalized spacial score (nSPS) is 23.1. The molecule has 4 heterocycles. The Bertz CT molecular complexity index is 1180. The van der Waals surface area contributed by atoms with Crippen molar-refractivity contribution in [3.05, 3.63) is 48.2 Å². The molecule has 0 saturated carbocycles. The smallest absolute Gasteiger partial charge is 0.261 e. The third-order valence-corrected chi connectivity index (χ3v) is 7.26. The molecule has 0 bridgehead atoms. The number of amides is 2. The molecule has 0 radical (unpaired) electrons. The number of aromatic nitrogens is 2. The lowest BCUT2D eigenvalue weighted by molar-refractivity contribution is -0.119. The van der Waals surface area contributed by atoms with Crippen molar-refractivity contribution in [1.29, 1.82) is 0 Å². The number of hydrogen-bond donors (Lipinski definition) is 4. The molecule has 10 heteroatoms. The van der Waals surface area contributed by atoms with Crippen molar-refractivity contribution in [3.8, 4) is 5.75 Å². The van der Waals surface area contributed by atoms with Crippen LogP contribution in [0.4, 0.5) is 11.4 Å². The zero-order valence-electron chi connectivity index (χ0n) is 19.7. The molecular weight excluding hydrogens is 448 g/mol. The van der Waals surface area contributed by atoms with Gasteiger partial charge in [-0.15, -0.1) is 0 Å². The minimum absolute atomic E-state index is 0.000210. The summed E-state index contributed by atoms with van der Waals surface area (Å²) in [6.45, 7) is 3.96. The van der Waals surface area contributed by atoms with Crippen LogP contribution in [0.3, 0.4) is 0 Å². The fraction of sp³-hybridized carbons (Fsp3) is 0.440. The first-order valence-electron chi connectivity index (χ1n) is 11.8. The van der Waals surface area contributed by atoms with Crippen molar-refractivity contribution >= 4 is 28.8 Å². The maximum absolute atomic E-state index is 13.2. The predicted octanol–water partition coefficient (Wildman–Crippen LogP) is 1.21. The van der Waals surface area contributed by atoms with Crippen LogP contribution >= 0.6 is 0 Å². The van der Waals surface area contributed by atoms with Crippen molar-refractivity contribution in [1.82, 2.24) is 15.3 Å². The number of carbonyl (C=O) groups excluding carboxylic acids is 2. The van der Waals surface area contributed by atoms with E-state index in [1.807, 2.05) is 19.1 Å². The summed E-state index contributed by atoms with van der Waals surface area (Å²) >= 11 is 0. The number of benzene rings is 1. The lowest BCUT2D eigenvalue weighted by atomic mass is 9.77. The van der Waals surface area contributed by atoms with Gasteiger partial charge >= 0.3 is 0 Å². The van der Waals surface area contributed by atoms with Crippen molar-refractivity contribution in [2.24, 2.45) is 11.1 Å². The molecule has 1 atom stereocenters. The Kier molecular flexibility index (Phi) is 5.84. The summed E-state index contributed by atoms with van der Waals surface area (Å²) in [7, 11) is 0. The number of nitrogens with two attached hydrogens (primary N) is 1. The van der Waals surface area contributed by atoms with Crippen molar-refractivity contribution in [2.45, 2.75) is 38.2 Å². The van der Waals surface area contributed by atoms with Crippen molar-refractivity contribution in [3.63, 3.8) is 0 Å². The number of piperidine rings is 1. The van der Waals surface area contributed by atoms with E-state index in [-0.39, 0.29) is 29.3 Å². The first kappa shape index (κ1) is 23.1. The maximum Gasteiger partial charge on any atom is 0.261 e. The minimum Gasteiger partial charge on any atom is -0.484 e. The fourth-order valence-corrected chi connectivity index (χ4v) is 5.21. The Morgan fingerprint density at radius 3 is 2.66 bits per heavy atom. The summed E-state index contributed by atoms with van der Waals surface area (Å²) in [5, 5.41) is 15.8. The number of hydrogen-bond acceptors (Lipinski definition) is 8. The monoisotopic (exact) mass is 478 g/mol. The van der Waals surface area contributed by atoms with E-state index < -0.39 is 11.5 Å². The van der Waals surface area contributed by atoms with E-state index >= 15 is 0 Å². The summed E-state index contributed by atoms with van der Waals surface area (Å²) in [5.41, 5.74) is 7.60. The summed E-state index contributed by atoms with van der Waals surface area (Å²) in [6.07, 6.45) is 7.15. The van der Waals surface area contributed by atoms with E-state index in [0.717, 1.165) is 37.2 Å². The second-order valence-corrected chi connectivity index (χ2v) is 9.91. The van der Waals surface area contributed by atoms with Gasteiger partial charge in [0, 0.05) is 62.7 Å². The van der Waals surface area contributed by atoms with Crippen molar-refractivity contribution < 1.29 is 19.4 Å². The predicted molar refractivity (Wildman–Crippen MR) is 131 cm³/mol. The van der Waals surface area contributed by atoms with Gasteiger partial charge in [-0.3, -0.25) is 9.59 Å². The molecule has 1 aromatic heterocycles. The van der Waals surface area contributed by atoms with Gasteiger partial charge in [0.1, 0.15) is 11.4 Å². The molecule has 5 rings (SSSR count). The molecule has 3 aliphatic rings. The molecule has 0 unspecified atom stereocenters. The average Bonchev–Trinajstić information content (AvgIpc) is 3.39. The number of fused-ring (bicyclic) bond motifs is 1. The highest BCUT2D eigenvalue weighted by molar-refractivity contribution is 6.24. The van der Waals surface area contributed by atoms with Gasteiger partial charge in [0.2, 0.25) is 5.91 Å². The quantitative estimate of drug-likeness (QED) is 0.470. The summed E-state index contributed by atoms with van der Waals surface area (Å²) in [5.74, 6) is 0.644. The third-order valence-electron chi connectivity index (χ3n) is 7.26. The first-order chi connectivity index (χ1) is 16.8. The van der Waals surface area contributed by atoms with Gasteiger partial charge in [0.05, 0.1) is 23.6 Å². The molecule has 1 spiro atoms. The van der Waals surface area contributed by atoms with Gasteiger partial charge in [-0.25, -0.2) is 9.97 Å². The molecule has 2 aromatic rings. The van der Waals surface area contributed by atoms with E-state index in [9.17, 15) is 14.7 Å². The number of carbonyl (C=O) groups is 2. The van der Waals surface area contributed by atoms with Crippen LogP contribution in [0.2, 0.25) is 0 Å². The Hall–Kier alpha value is -3.66. The van der Waals surface area contributed by atoms with Crippen LogP contribution in [0.25, 0.3) is 5.57 Å². The van der Waals surface area contributed by atoms with Gasteiger partial charge in [-0.1, -0.05) is 0 Å². The molecule has 184 valence electrons. The number of aliphatic hydroxyl groups excluding tert-OH is 1. The Morgan fingerprint density at radius 1 is 1.29 bits per heavy atom. The van der Waals surface area contributed by atoms with Crippen LogP contribution in [0.1, 0.15) is 37.6 Å². The average molecular weight is 479 g/mol. The Labute approximate surface area is 203 Å². The van der Waals surface area contributed by atoms with Crippen LogP contribution in [-0.4, -0.2) is 58.7 Å². The Balaban J connectivity index is 1.44. The second kappa shape index (κ2) is 8.84. The maximum atomic E-state index is 13.2. The second-order valence-electron chi connectivity index (χ2n) is 9.91.